The molecule has 1 unspecified atom stereocenters. The molecule has 0 amide bonds. The molecule has 0 bridgehead atoms. The third-order valence-electron chi connectivity index (χ3n) is 3.11. The lowest BCUT2D eigenvalue weighted by molar-refractivity contribution is 0.0877. The Bertz CT molecular complexity index is 289. The van der Waals surface area contributed by atoms with Gasteiger partial charge in [-0.25, -0.2) is 13.6 Å². The van der Waals surface area contributed by atoms with Crippen LogP contribution in [0.15, 0.2) is 0 Å². The van der Waals surface area contributed by atoms with Gasteiger partial charge in [-0.1, -0.05) is 46.5 Å². The smallest absolute Gasteiger partial charge is 0.209 e. The van der Waals surface area contributed by atoms with Gasteiger partial charge in [-0.2, -0.15) is 0 Å². The average molecular weight is 279 g/mol. The first-order chi connectivity index (χ1) is 8.37. The number of ether oxygens (including phenoxy) is 1. The van der Waals surface area contributed by atoms with E-state index < -0.39 is 10.0 Å². The standard InChI is InChI=1S/C13H29NO3S/c1-4-5-6-7-8-9-17-10-13(12(2)3)11-18(14,15)16/h12-13H,4-11H2,1-3H3,(H2,14,15,16). The zero-order chi connectivity index (χ0) is 14.0. The molecule has 0 spiro atoms. The fraction of sp³-hybridized carbons (Fsp3) is 1.00. The molecule has 0 saturated heterocycles. The Morgan fingerprint density at radius 2 is 1.72 bits per heavy atom. The normalized spacial score (nSPS) is 14.1. The highest BCUT2D eigenvalue weighted by molar-refractivity contribution is 7.89. The maximum Gasteiger partial charge on any atom is 0.209 e. The number of hydrogen-bond donors (Lipinski definition) is 1. The van der Waals surface area contributed by atoms with Gasteiger partial charge < -0.3 is 4.74 Å². The molecule has 0 aromatic carbocycles. The van der Waals surface area contributed by atoms with Crippen LogP contribution in [0.2, 0.25) is 0 Å². The molecule has 0 aliphatic carbocycles. The summed E-state index contributed by atoms with van der Waals surface area (Å²) in [5.41, 5.74) is 0. The molecular weight excluding hydrogens is 250 g/mol. The third-order valence-corrected chi connectivity index (χ3v) is 4.01. The van der Waals surface area contributed by atoms with Gasteiger partial charge in [0.1, 0.15) is 0 Å². The molecular formula is C13H29NO3S. The van der Waals surface area contributed by atoms with Crippen molar-refractivity contribution in [2.45, 2.75) is 52.9 Å². The largest absolute Gasteiger partial charge is 0.381 e. The minimum Gasteiger partial charge on any atom is -0.381 e. The summed E-state index contributed by atoms with van der Waals surface area (Å²) in [7, 11) is -3.40. The van der Waals surface area contributed by atoms with Gasteiger partial charge in [-0.15, -0.1) is 0 Å². The van der Waals surface area contributed by atoms with E-state index in [0.29, 0.717) is 6.61 Å². The van der Waals surface area contributed by atoms with E-state index in [0.717, 1.165) is 13.0 Å². The summed E-state index contributed by atoms with van der Waals surface area (Å²) in [6, 6.07) is 0. The first-order valence-corrected chi connectivity index (χ1v) is 8.66. The minimum absolute atomic E-state index is 0.00404. The van der Waals surface area contributed by atoms with Crippen LogP contribution < -0.4 is 5.14 Å². The van der Waals surface area contributed by atoms with Gasteiger partial charge in [0.05, 0.1) is 12.4 Å². The van der Waals surface area contributed by atoms with Gasteiger partial charge in [0.25, 0.3) is 0 Å². The van der Waals surface area contributed by atoms with Gasteiger partial charge in [0.2, 0.25) is 10.0 Å². The highest BCUT2D eigenvalue weighted by Gasteiger charge is 2.19. The molecule has 0 saturated carbocycles. The van der Waals surface area contributed by atoms with E-state index in [9.17, 15) is 8.42 Å². The van der Waals surface area contributed by atoms with Crippen molar-refractivity contribution in [2.75, 3.05) is 19.0 Å². The number of unbranched alkanes of at least 4 members (excludes halogenated alkanes) is 4. The van der Waals surface area contributed by atoms with Crippen molar-refractivity contribution in [3.05, 3.63) is 0 Å². The van der Waals surface area contributed by atoms with Crippen LogP contribution in [-0.2, 0) is 14.8 Å². The van der Waals surface area contributed by atoms with E-state index in [1.54, 1.807) is 0 Å². The van der Waals surface area contributed by atoms with Crippen LogP contribution in [0.4, 0.5) is 0 Å². The lowest BCUT2D eigenvalue weighted by Crippen LogP contribution is -2.29. The van der Waals surface area contributed by atoms with E-state index in [4.69, 9.17) is 9.88 Å². The second-order valence-electron chi connectivity index (χ2n) is 5.32. The number of hydrogen-bond acceptors (Lipinski definition) is 3. The molecule has 4 nitrogen and oxygen atoms in total. The predicted octanol–water partition coefficient (Wildman–Crippen LogP) is 2.53. The van der Waals surface area contributed by atoms with Gasteiger partial charge >= 0.3 is 0 Å². The molecule has 0 aliphatic rings. The molecule has 0 fully saturated rings. The summed E-state index contributed by atoms with van der Waals surface area (Å²) < 4.78 is 27.7. The molecule has 2 N–H and O–H groups in total. The monoisotopic (exact) mass is 279 g/mol. The van der Waals surface area contributed by atoms with E-state index in [2.05, 4.69) is 6.92 Å². The van der Waals surface area contributed by atoms with Gasteiger partial charge in [0, 0.05) is 6.61 Å². The summed E-state index contributed by atoms with van der Waals surface area (Å²) in [6.45, 7) is 7.40. The van der Waals surface area contributed by atoms with Gasteiger partial charge in [-0.05, 0) is 18.3 Å². The molecule has 0 rings (SSSR count). The van der Waals surface area contributed by atoms with Crippen LogP contribution in [0.5, 0.6) is 0 Å². The molecule has 0 aromatic heterocycles. The van der Waals surface area contributed by atoms with Crippen LogP contribution in [0, 0.1) is 11.8 Å². The Hall–Kier alpha value is -0.130. The van der Waals surface area contributed by atoms with Crippen molar-refractivity contribution in [3.8, 4) is 0 Å². The number of primary sulfonamides is 1. The second kappa shape index (κ2) is 9.75. The molecule has 110 valence electrons. The molecule has 1 atom stereocenters. The Morgan fingerprint density at radius 1 is 1.11 bits per heavy atom. The zero-order valence-electron chi connectivity index (χ0n) is 12.0. The maximum absolute atomic E-state index is 11.1. The number of nitrogens with two attached hydrogens (primary N) is 1. The van der Waals surface area contributed by atoms with Crippen LogP contribution in [0.3, 0.4) is 0 Å². The summed E-state index contributed by atoms with van der Waals surface area (Å²) in [5.74, 6) is 0.277. The van der Waals surface area contributed by atoms with Crippen molar-refractivity contribution in [1.82, 2.24) is 0 Å². The lowest BCUT2D eigenvalue weighted by atomic mass is 9.99. The van der Waals surface area contributed by atoms with E-state index in [1.807, 2.05) is 13.8 Å². The summed E-state index contributed by atoms with van der Waals surface area (Å²) in [4.78, 5) is 0. The van der Waals surface area contributed by atoms with Crippen LogP contribution in [0.1, 0.15) is 52.9 Å². The minimum atomic E-state index is -3.40. The maximum atomic E-state index is 11.1. The first-order valence-electron chi connectivity index (χ1n) is 6.95. The summed E-state index contributed by atoms with van der Waals surface area (Å²) >= 11 is 0. The Labute approximate surface area is 112 Å². The third kappa shape index (κ3) is 11.0. The Balaban J connectivity index is 3.72. The second-order valence-corrected chi connectivity index (χ2v) is 6.98. The van der Waals surface area contributed by atoms with Crippen molar-refractivity contribution in [3.63, 3.8) is 0 Å². The highest BCUT2D eigenvalue weighted by Crippen LogP contribution is 2.13. The van der Waals surface area contributed by atoms with Crippen LogP contribution in [-0.4, -0.2) is 27.4 Å². The highest BCUT2D eigenvalue weighted by atomic mass is 32.2. The average Bonchev–Trinajstić information content (AvgIpc) is 2.24. The summed E-state index contributed by atoms with van der Waals surface area (Å²) in [5, 5.41) is 5.08. The fourth-order valence-corrected chi connectivity index (χ4v) is 2.85. The summed E-state index contributed by atoms with van der Waals surface area (Å²) in [6.07, 6.45) is 6.02. The Kier molecular flexibility index (Phi) is 9.68. The topological polar surface area (TPSA) is 69.4 Å². The lowest BCUT2D eigenvalue weighted by Gasteiger charge is -2.19. The number of sulfonamides is 1. The first kappa shape index (κ1) is 17.9. The Morgan fingerprint density at radius 3 is 2.22 bits per heavy atom. The van der Waals surface area contributed by atoms with Gasteiger partial charge in [0.15, 0.2) is 0 Å². The van der Waals surface area contributed by atoms with E-state index in [1.165, 1.54) is 25.7 Å². The van der Waals surface area contributed by atoms with Crippen molar-refractivity contribution in [2.24, 2.45) is 17.0 Å². The quantitative estimate of drug-likeness (QED) is 0.591. The van der Waals surface area contributed by atoms with Crippen molar-refractivity contribution in [1.29, 1.82) is 0 Å². The molecule has 5 heteroatoms. The SMILES string of the molecule is CCCCCCCOCC(CS(N)(=O)=O)C(C)C. The molecule has 0 heterocycles. The molecule has 0 aliphatic heterocycles. The van der Waals surface area contributed by atoms with E-state index in [-0.39, 0.29) is 17.6 Å². The van der Waals surface area contributed by atoms with Crippen LogP contribution in [0.25, 0.3) is 0 Å². The van der Waals surface area contributed by atoms with Crippen molar-refractivity contribution < 1.29 is 13.2 Å². The number of rotatable bonds is 11. The van der Waals surface area contributed by atoms with Gasteiger partial charge in [-0.3, -0.25) is 0 Å². The molecule has 18 heavy (non-hydrogen) atoms. The van der Waals surface area contributed by atoms with Crippen LogP contribution >= 0.6 is 0 Å². The van der Waals surface area contributed by atoms with Crippen molar-refractivity contribution >= 4 is 10.0 Å². The zero-order valence-corrected chi connectivity index (χ0v) is 12.8. The molecule has 0 aromatic rings. The van der Waals surface area contributed by atoms with E-state index >= 15 is 0 Å². The predicted molar refractivity (Wildman–Crippen MR) is 75.9 cm³/mol. The molecule has 0 radical (unpaired) electrons. The fourth-order valence-electron chi connectivity index (χ4n) is 1.77.